The first-order chi connectivity index (χ1) is 3.19. The van der Waals surface area contributed by atoms with Crippen molar-refractivity contribution < 1.29 is 0 Å². The molecule has 1 rings (SSSR count). The van der Waals surface area contributed by atoms with Gasteiger partial charge in [-0.3, -0.25) is 0 Å². The molecule has 2 atom stereocenters. The van der Waals surface area contributed by atoms with E-state index in [9.17, 15) is 0 Å². The zero-order valence-corrected chi connectivity index (χ0v) is 7.27. The predicted octanol–water partition coefficient (Wildman–Crippen LogP) is 1.30. The number of nitrogens with zero attached hydrogens (tertiary/aromatic N) is 1. The van der Waals surface area contributed by atoms with Crippen molar-refractivity contribution in [1.29, 1.82) is 0 Å². The van der Waals surface area contributed by atoms with Gasteiger partial charge in [-0.15, -0.1) is 0 Å². The van der Waals surface area contributed by atoms with Crippen LogP contribution in [0.2, 0.25) is 0 Å². The summed E-state index contributed by atoms with van der Waals surface area (Å²) in [6.45, 7) is 2.19. The van der Waals surface area contributed by atoms with Gasteiger partial charge in [0.05, 0.1) is 0 Å². The van der Waals surface area contributed by atoms with Crippen LogP contribution >= 0.6 is 18.2 Å². The third kappa shape index (κ3) is 0.865. The van der Waals surface area contributed by atoms with Crippen LogP contribution in [-0.4, -0.2) is 23.7 Å². The van der Waals surface area contributed by atoms with Crippen LogP contribution in [0.1, 0.15) is 6.92 Å². The van der Waals surface area contributed by atoms with Gasteiger partial charge in [0.1, 0.15) is 0 Å². The molecule has 1 heterocycles. The molecule has 0 aliphatic carbocycles. The van der Waals surface area contributed by atoms with E-state index in [1.165, 1.54) is 4.55 Å². The Hall–Kier alpha value is 0.560. The minimum absolute atomic E-state index is 1.14. The molecule has 0 saturated carbocycles. The van der Waals surface area contributed by atoms with Crippen LogP contribution in [0.5, 0.6) is 0 Å². The summed E-state index contributed by atoms with van der Waals surface area (Å²) in [5.41, 5.74) is 0. The van der Waals surface area contributed by atoms with E-state index in [4.69, 9.17) is 0 Å². The quantitative estimate of drug-likeness (QED) is 0.193. The summed E-state index contributed by atoms with van der Waals surface area (Å²) in [5.74, 6) is 0. The van der Waals surface area contributed by atoms with Crippen LogP contribution in [0.4, 0.5) is 0 Å². The van der Waals surface area contributed by atoms with E-state index in [1.807, 2.05) is 0 Å². The van der Waals surface area contributed by atoms with Gasteiger partial charge in [0.25, 0.3) is 0 Å². The standard InChI is InChI=1S/C5H12IN/c1-4-6(2)5-7(6)3/h4H,5H2,1-3H3. The zero-order valence-electron chi connectivity index (χ0n) is 5.11. The van der Waals surface area contributed by atoms with E-state index in [2.05, 4.69) is 26.0 Å². The first-order valence-corrected chi connectivity index (χ1v) is 8.27. The average molecular weight is 213 g/mol. The van der Waals surface area contributed by atoms with Crippen molar-refractivity contribution in [3.05, 3.63) is 0 Å². The van der Waals surface area contributed by atoms with E-state index in [0.717, 1.165) is 0 Å². The topological polar surface area (TPSA) is 3.01 Å². The summed E-state index contributed by atoms with van der Waals surface area (Å²) in [6, 6.07) is 0. The molecule has 0 amide bonds. The van der Waals surface area contributed by atoms with Crippen LogP contribution in [0, 0.1) is 0 Å². The van der Waals surface area contributed by atoms with Crippen LogP contribution in [0.3, 0.4) is 0 Å². The van der Waals surface area contributed by atoms with Crippen molar-refractivity contribution in [2.45, 2.75) is 6.92 Å². The Kier molecular flexibility index (Phi) is 1.23. The second-order valence-corrected chi connectivity index (χ2v) is 11.4. The Morgan fingerprint density at radius 2 is 2.14 bits per heavy atom. The third-order valence-electron chi connectivity index (χ3n) is 1.47. The fourth-order valence-corrected chi connectivity index (χ4v) is 6.41. The Labute approximate surface area is 49.1 Å². The van der Waals surface area contributed by atoms with Crippen molar-refractivity contribution in [1.82, 2.24) is 3.11 Å². The molecule has 44 valence electrons. The number of halogens is 1. The summed E-state index contributed by atoms with van der Waals surface area (Å²) in [6.07, 6.45) is 0. The van der Waals surface area contributed by atoms with E-state index >= 15 is 0 Å². The normalized spacial score (nSPS) is 57.9. The molecule has 0 spiro atoms. The van der Waals surface area contributed by atoms with Gasteiger partial charge in [0.15, 0.2) is 0 Å². The maximum absolute atomic E-state index is 2.49. The molecule has 1 aliphatic heterocycles. The number of rotatable bonds is 0. The van der Waals surface area contributed by atoms with E-state index in [-0.39, 0.29) is 0 Å². The summed E-state index contributed by atoms with van der Waals surface area (Å²) >= 11 is -1.14. The molecule has 0 N–H and O–H groups in total. The van der Waals surface area contributed by atoms with Gasteiger partial charge in [0, 0.05) is 0 Å². The number of hydrogen-bond donors (Lipinski definition) is 0. The van der Waals surface area contributed by atoms with Crippen LogP contribution in [0.25, 0.3) is 0 Å². The first-order valence-electron chi connectivity index (χ1n) is 2.37. The van der Waals surface area contributed by atoms with Gasteiger partial charge in [-0.1, -0.05) is 0 Å². The maximum atomic E-state index is 2.49. The monoisotopic (exact) mass is 213 g/mol. The van der Waals surface area contributed by atoms with Gasteiger partial charge in [-0.2, -0.15) is 0 Å². The van der Waals surface area contributed by atoms with Crippen molar-refractivity contribution in [3.8, 4) is 0 Å². The minimum atomic E-state index is -1.14. The predicted molar refractivity (Wildman–Crippen MR) is 44.3 cm³/mol. The summed E-state index contributed by atoms with van der Waals surface area (Å²) < 4.78 is 6.34. The van der Waals surface area contributed by atoms with Crippen molar-refractivity contribution in [3.63, 3.8) is 0 Å². The Balaban J connectivity index is 2.70. The van der Waals surface area contributed by atoms with E-state index in [1.54, 1.807) is 0 Å². The molecule has 0 radical (unpaired) electrons. The average Bonchev–Trinajstić information content (AvgIpc) is 2.18. The first kappa shape index (κ1) is 5.69. The fraction of sp³-hybridized carbons (Fsp3) is 0.800. The van der Waals surface area contributed by atoms with Crippen LogP contribution in [-0.2, 0) is 0 Å². The summed E-state index contributed by atoms with van der Waals surface area (Å²) in [7, 11) is 2.22. The van der Waals surface area contributed by atoms with Crippen LogP contribution in [0.15, 0.2) is 0 Å². The van der Waals surface area contributed by atoms with E-state index < -0.39 is 18.2 Å². The van der Waals surface area contributed by atoms with Crippen molar-refractivity contribution in [2.75, 3.05) is 16.5 Å². The molecule has 1 nitrogen and oxygen atoms in total. The molecule has 1 fully saturated rings. The molecule has 0 aromatic rings. The molecule has 0 aromatic carbocycles. The molecule has 2 heteroatoms. The Morgan fingerprint density at radius 1 is 1.71 bits per heavy atom. The second-order valence-electron chi connectivity index (χ2n) is 1.97. The van der Waals surface area contributed by atoms with Gasteiger partial charge in [-0.25, -0.2) is 0 Å². The molecular formula is C5H12IN. The number of alkyl halides is 2. The van der Waals surface area contributed by atoms with Gasteiger partial charge in [0.2, 0.25) is 0 Å². The second kappa shape index (κ2) is 1.52. The van der Waals surface area contributed by atoms with Crippen molar-refractivity contribution in [2.24, 2.45) is 0 Å². The zero-order chi connectivity index (χ0) is 5.49. The SMILES string of the molecule is CC=I1(C)CN1C. The summed E-state index contributed by atoms with van der Waals surface area (Å²) in [5, 5.41) is 0. The molecule has 0 bridgehead atoms. The molecular weight excluding hydrogens is 201 g/mol. The molecule has 0 aromatic heterocycles. The third-order valence-corrected chi connectivity index (χ3v) is 9.88. The molecule has 1 saturated heterocycles. The van der Waals surface area contributed by atoms with E-state index in [0.29, 0.717) is 0 Å². The molecule has 1 aliphatic rings. The number of hydrogen-bond acceptors (Lipinski definition) is 1. The van der Waals surface area contributed by atoms with Gasteiger partial charge < -0.3 is 0 Å². The molecule has 7 heavy (non-hydrogen) atoms. The van der Waals surface area contributed by atoms with Crippen molar-refractivity contribution >= 4 is 22.2 Å². The Bertz CT molecular complexity index is 128. The Morgan fingerprint density at radius 3 is 2.14 bits per heavy atom. The summed E-state index contributed by atoms with van der Waals surface area (Å²) in [4.78, 5) is 2.42. The fourth-order valence-electron chi connectivity index (χ4n) is 0.549. The van der Waals surface area contributed by atoms with Gasteiger partial charge in [-0.05, 0) is 0 Å². The van der Waals surface area contributed by atoms with Crippen LogP contribution < -0.4 is 0 Å². The molecule has 2 unspecified atom stereocenters. The van der Waals surface area contributed by atoms with Gasteiger partial charge >= 0.3 is 48.8 Å².